The van der Waals surface area contributed by atoms with Crippen LogP contribution in [-0.4, -0.2) is 35.6 Å². The van der Waals surface area contributed by atoms with Gasteiger partial charge in [0.05, 0.1) is 6.54 Å². The summed E-state index contributed by atoms with van der Waals surface area (Å²) in [4.78, 5) is 26.9. The number of benzene rings is 1. The summed E-state index contributed by atoms with van der Waals surface area (Å²) < 4.78 is 12.0. The molecule has 6 nitrogen and oxygen atoms in total. The van der Waals surface area contributed by atoms with Crippen molar-refractivity contribution in [2.75, 3.05) is 13.2 Å². The van der Waals surface area contributed by atoms with Crippen LogP contribution in [0.3, 0.4) is 0 Å². The molecule has 1 aromatic carbocycles. The number of nitrogens with zero attached hydrogens (tertiary/aromatic N) is 1. The number of rotatable bonds is 2. The van der Waals surface area contributed by atoms with Crippen molar-refractivity contribution in [2.24, 2.45) is 5.92 Å². The van der Waals surface area contributed by atoms with Gasteiger partial charge < -0.3 is 14.8 Å². The molecule has 1 aromatic rings. The number of ether oxygens (including phenoxy) is 2. The Morgan fingerprint density at radius 3 is 2.68 bits per heavy atom. The standard InChI is InChI=1S/C18H21BrN2O4/c1-11-4-2-3-5-18(11)16(22)21(17(23)20-18)10-12-8-14-15(9-13(12)19)25-7-6-24-14/h8-9,11H,2-7,10H2,1H3,(H,20,23). The van der Waals surface area contributed by atoms with Gasteiger partial charge in [0.25, 0.3) is 5.91 Å². The Labute approximate surface area is 155 Å². The van der Waals surface area contributed by atoms with Gasteiger partial charge in [0.2, 0.25) is 0 Å². The SMILES string of the molecule is CC1CCCCC12NC(=O)N(Cc1cc3c(cc1Br)OCCO3)C2=O. The molecular formula is C18H21BrN2O4. The summed E-state index contributed by atoms with van der Waals surface area (Å²) in [5, 5.41) is 2.99. The minimum Gasteiger partial charge on any atom is -0.486 e. The summed E-state index contributed by atoms with van der Waals surface area (Å²) >= 11 is 3.52. The number of fused-ring (bicyclic) bond motifs is 1. The summed E-state index contributed by atoms with van der Waals surface area (Å²) in [6.07, 6.45) is 3.77. The third-order valence-electron chi connectivity index (χ3n) is 5.54. The number of carbonyl (C=O) groups is 2. The summed E-state index contributed by atoms with van der Waals surface area (Å²) in [5.74, 6) is 1.38. The van der Waals surface area contributed by atoms with E-state index in [-0.39, 0.29) is 24.4 Å². The molecule has 3 amide bonds. The number of imide groups is 1. The molecule has 4 rings (SSSR count). The molecule has 2 fully saturated rings. The lowest BCUT2D eigenvalue weighted by Crippen LogP contribution is -2.53. The predicted octanol–water partition coefficient (Wildman–Crippen LogP) is 3.22. The van der Waals surface area contributed by atoms with E-state index in [2.05, 4.69) is 28.2 Å². The zero-order valence-electron chi connectivity index (χ0n) is 14.1. The molecule has 1 aliphatic carbocycles. The Morgan fingerprint density at radius 2 is 1.96 bits per heavy atom. The van der Waals surface area contributed by atoms with Crippen molar-refractivity contribution >= 4 is 27.9 Å². The number of carbonyl (C=O) groups excluding carboxylic acids is 2. The zero-order chi connectivity index (χ0) is 17.6. The normalized spacial score (nSPS) is 28.4. The Bertz CT molecular complexity index is 738. The fourth-order valence-corrected chi connectivity index (χ4v) is 4.48. The van der Waals surface area contributed by atoms with Crippen LogP contribution in [0.15, 0.2) is 16.6 Å². The third-order valence-corrected chi connectivity index (χ3v) is 6.28. The van der Waals surface area contributed by atoms with Gasteiger partial charge >= 0.3 is 6.03 Å². The van der Waals surface area contributed by atoms with Crippen molar-refractivity contribution in [3.63, 3.8) is 0 Å². The lowest BCUT2D eigenvalue weighted by molar-refractivity contribution is -0.134. The Morgan fingerprint density at radius 1 is 1.24 bits per heavy atom. The molecule has 0 radical (unpaired) electrons. The molecule has 2 atom stereocenters. The zero-order valence-corrected chi connectivity index (χ0v) is 15.7. The largest absolute Gasteiger partial charge is 0.486 e. The van der Waals surface area contributed by atoms with Gasteiger partial charge in [-0.25, -0.2) is 4.79 Å². The third kappa shape index (κ3) is 2.69. The van der Waals surface area contributed by atoms with Gasteiger partial charge in [-0.15, -0.1) is 0 Å². The van der Waals surface area contributed by atoms with E-state index < -0.39 is 5.54 Å². The summed E-state index contributed by atoms with van der Waals surface area (Å²) in [5.41, 5.74) is 0.101. The van der Waals surface area contributed by atoms with Gasteiger partial charge in [-0.05, 0) is 36.5 Å². The maximum absolute atomic E-state index is 13.1. The van der Waals surface area contributed by atoms with Crippen LogP contribution in [0.1, 0.15) is 38.2 Å². The molecule has 1 spiro atoms. The fraction of sp³-hybridized carbons (Fsp3) is 0.556. The van der Waals surface area contributed by atoms with E-state index in [9.17, 15) is 9.59 Å². The molecule has 134 valence electrons. The molecule has 7 heteroatoms. The maximum atomic E-state index is 13.1. The van der Waals surface area contributed by atoms with Gasteiger partial charge in [0, 0.05) is 4.47 Å². The number of amides is 3. The second-order valence-corrected chi connectivity index (χ2v) is 7.88. The van der Waals surface area contributed by atoms with E-state index in [0.717, 1.165) is 35.7 Å². The first kappa shape index (κ1) is 16.7. The van der Waals surface area contributed by atoms with Crippen molar-refractivity contribution in [2.45, 2.75) is 44.7 Å². The molecule has 3 aliphatic rings. The predicted molar refractivity (Wildman–Crippen MR) is 94.6 cm³/mol. The van der Waals surface area contributed by atoms with Crippen LogP contribution < -0.4 is 14.8 Å². The minimum atomic E-state index is -0.727. The first-order chi connectivity index (χ1) is 12.0. The van der Waals surface area contributed by atoms with E-state index in [0.29, 0.717) is 24.7 Å². The van der Waals surface area contributed by atoms with E-state index in [4.69, 9.17) is 9.47 Å². The monoisotopic (exact) mass is 408 g/mol. The molecule has 2 aliphatic heterocycles. The van der Waals surface area contributed by atoms with Crippen molar-refractivity contribution in [3.05, 3.63) is 22.2 Å². The molecule has 2 unspecified atom stereocenters. The Hall–Kier alpha value is -1.76. The summed E-state index contributed by atoms with van der Waals surface area (Å²) in [6, 6.07) is 3.37. The molecule has 2 heterocycles. The molecule has 1 N–H and O–H groups in total. The first-order valence-corrected chi connectivity index (χ1v) is 9.53. The van der Waals surface area contributed by atoms with E-state index in [1.54, 1.807) is 0 Å². The highest BCUT2D eigenvalue weighted by Gasteiger charge is 2.54. The van der Waals surface area contributed by atoms with Crippen molar-refractivity contribution < 1.29 is 19.1 Å². The van der Waals surface area contributed by atoms with Gasteiger partial charge in [-0.3, -0.25) is 9.69 Å². The topological polar surface area (TPSA) is 67.9 Å². The van der Waals surface area contributed by atoms with Crippen LogP contribution in [0, 0.1) is 5.92 Å². The van der Waals surface area contributed by atoms with E-state index in [1.807, 2.05) is 12.1 Å². The molecular weight excluding hydrogens is 388 g/mol. The molecule has 0 bridgehead atoms. The van der Waals surface area contributed by atoms with Gasteiger partial charge in [0.1, 0.15) is 18.8 Å². The smallest absolute Gasteiger partial charge is 0.325 e. The second-order valence-electron chi connectivity index (χ2n) is 7.03. The lowest BCUT2D eigenvalue weighted by Gasteiger charge is -2.36. The average Bonchev–Trinajstić information content (AvgIpc) is 2.83. The van der Waals surface area contributed by atoms with Crippen LogP contribution in [0.2, 0.25) is 0 Å². The van der Waals surface area contributed by atoms with Crippen molar-refractivity contribution in [1.29, 1.82) is 0 Å². The Balaban J connectivity index is 1.61. The summed E-state index contributed by atoms with van der Waals surface area (Å²) in [7, 11) is 0. The van der Waals surface area contributed by atoms with Crippen molar-refractivity contribution in [1.82, 2.24) is 10.2 Å². The highest BCUT2D eigenvalue weighted by molar-refractivity contribution is 9.10. The van der Waals surface area contributed by atoms with Crippen LogP contribution in [-0.2, 0) is 11.3 Å². The average molecular weight is 409 g/mol. The quantitative estimate of drug-likeness (QED) is 0.762. The second kappa shape index (κ2) is 6.20. The molecule has 1 saturated carbocycles. The number of urea groups is 1. The number of hydrogen-bond acceptors (Lipinski definition) is 4. The van der Waals surface area contributed by atoms with Gasteiger partial charge in [-0.2, -0.15) is 0 Å². The molecule has 1 saturated heterocycles. The molecule has 25 heavy (non-hydrogen) atoms. The number of nitrogens with one attached hydrogen (secondary N) is 1. The fourth-order valence-electron chi connectivity index (χ4n) is 4.04. The lowest BCUT2D eigenvalue weighted by atomic mass is 9.73. The first-order valence-electron chi connectivity index (χ1n) is 8.73. The van der Waals surface area contributed by atoms with Crippen LogP contribution in [0.5, 0.6) is 11.5 Å². The summed E-state index contributed by atoms with van der Waals surface area (Å²) in [6.45, 7) is 3.29. The number of halogens is 1. The van der Waals surface area contributed by atoms with Crippen LogP contribution in [0.25, 0.3) is 0 Å². The van der Waals surface area contributed by atoms with Crippen molar-refractivity contribution in [3.8, 4) is 11.5 Å². The highest BCUT2D eigenvalue weighted by Crippen LogP contribution is 2.40. The van der Waals surface area contributed by atoms with E-state index >= 15 is 0 Å². The van der Waals surface area contributed by atoms with Crippen LogP contribution >= 0.6 is 15.9 Å². The minimum absolute atomic E-state index is 0.105. The highest BCUT2D eigenvalue weighted by atomic mass is 79.9. The van der Waals surface area contributed by atoms with Gasteiger partial charge in [-0.1, -0.05) is 35.7 Å². The van der Waals surface area contributed by atoms with E-state index in [1.165, 1.54) is 4.90 Å². The van der Waals surface area contributed by atoms with Crippen LogP contribution in [0.4, 0.5) is 4.79 Å². The van der Waals surface area contributed by atoms with Gasteiger partial charge in [0.15, 0.2) is 11.5 Å². The molecule has 0 aromatic heterocycles. The maximum Gasteiger partial charge on any atom is 0.325 e. The number of hydrogen-bond donors (Lipinski definition) is 1. The Kier molecular flexibility index (Phi) is 4.14.